The van der Waals surface area contributed by atoms with Crippen LogP contribution in [0.5, 0.6) is 5.75 Å². The molecule has 0 atom stereocenters. The third kappa shape index (κ3) is 5.52. The monoisotopic (exact) mass is 475 g/mol. The zero-order chi connectivity index (χ0) is 23.2. The molecule has 1 aliphatic rings. The van der Waals surface area contributed by atoms with Gasteiger partial charge in [0.1, 0.15) is 5.75 Å². The summed E-state index contributed by atoms with van der Waals surface area (Å²) in [7, 11) is 0. The highest BCUT2D eigenvalue weighted by Crippen LogP contribution is 2.31. The summed E-state index contributed by atoms with van der Waals surface area (Å²) in [5.41, 5.74) is 3.83. The Labute approximate surface area is 203 Å². The van der Waals surface area contributed by atoms with Crippen LogP contribution in [0.4, 0.5) is 11.5 Å². The van der Waals surface area contributed by atoms with Crippen molar-refractivity contribution in [2.24, 2.45) is 0 Å². The van der Waals surface area contributed by atoms with Crippen LogP contribution in [0.25, 0.3) is 21.6 Å². The van der Waals surface area contributed by atoms with E-state index in [-0.39, 0.29) is 0 Å². The van der Waals surface area contributed by atoms with E-state index in [1.165, 1.54) is 0 Å². The van der Waals surface area contributed by atoms with Crippen LogP contribution in [0.3, 0.4) is 0 Å². The zero-order valence-corrected chi connectivity index (χ0v) is 20.2. The maximum Gasteiger partial charge on any atom is 0.162 e. The fourth-order valence-electron chi connectivity index (χ4n) is 3.95. The number of nitrogens with zero attached hydrogens (tertiary/aromatic N) is 4. The first-order chi connectivity index (χ1) is 16.8. The minimum Gasteiger partial charge on any atom is -0.494 e. The lowest BCUT2D eigenvalue weighted by Crippen LogP contribution is -2.37. The van der Waals surface area contributed by atoms with E-state index in [9.17, 15) is 0 Å². The highest BCUT2D eigenvalue weighted by atomic mass is 32.1. The van der Waals surface area contributed by atoms with Crippen LogP contribution < -0.4 is 10.1 Å². The summed E-state index contributed by atoms with van der Waals surface area (Å²) < 4.78 is 12.5. The molecule has 3 aromatic heterocycles. The van der Waals surface area contributed by atoms with Crippen molar-refractivity contribution in [3.8, 4) is 17.1 Å². The van der Waals surface area contributed by atoms with Gasteiger partial charge in [0.25, 0.3) is 0 Å². The van der Waals surface area contributed by atoms with Gasteiger partial charge in [-0.2, -0.15) is 0 Å². The van der Waals surface area contributed by atoms with Gasteiger partial charge < -0.3 is 14.8 Å². The molecule has 176 valence electrons. The van der Waals surface area contributed by atoms with Crippen molar-refractivity contribution in [1.82, 2.24) is 19.9 Å². The molecule has 1 saturated heterocycles. The second-order valence-corrected chi connectivity index (χ2v) is 9.15. The molecule has 0 radical (unpaired) electrons. The lowest BCUT2D eigenvalue weighted by atomic mass is 10.2. The molecule has 4 heterocycles. The number of nitrogens with one attached hydrogen (secondary N) is 1. The van der Waals surface area contributed by atoms with Crippen molar-refractivity contribution >= 4 is 33.1 Å². The van der Waals surface area contributed by atoms with E-state index < -0.39 is 0 Å². The average molecular weight is 476 g/mol. The molecule has 7 nitrogen and oxygen atoms in total. The number of morpholine rings is 1. The summed E-state index contributed by atoms with van der Waals surface area (Å²) >= 11 is 1.63. The first kappa shape index (κ1) is 22.7. The summed E-state index contributed by atoms with van der Waals surface area (Å²) in [6, 6.07) is 14.1. The van der Waals surface area contributed by atoms with Gasteiger partial charge in [0.05, 0.1) is 41.9 Å². The fraction of sp³-hybridized carbons (Fsp3) is 0.346. The van der Waals surface area contributed by atoms with E-state index in [0.717, 1.165) is 84.4 Å². The third-order valence-corrected chi connectivity index (χ3v) is 6.75. The minimum atomic E-state index is 0.672. The highest BCUT2D eigenvalue weighted by molar-refractivity contribution is 7.17. The maximum absolute atomic E-state index is 6.04. The molecule has 1 N–H and O–H groups in total. The van der Waals surface area contributed by atoms with E-state index in [2.05, 4.69) is 22.1 Å². The Balaban J connectivity index is 1.30. The molecule has 0 saturated carbocycles. The van der Waals surface area contributed by atoms with Crippen molar-refractivity contribution in [1.29, 1.82) is 0 Å². The van der Waals surface area contributed by atoms with Gasteiger partial charge in [0.2, 0.25) is 0 Å². The van der Waals surface area contributed by atoms with Crippen molar-refractivity contribution in [3.05, 3.63) is 59.7 Å². The van der Waals surface area contributed by atoms with Gasteiger partial charge in [-0.05, 0) is 48.6 Å². The maximum atomic E-state index is 6.04. The SMILES string of the molecule is CCc1ccc(Nc2nc(-c3cccc(OCCCN4CCOCC4)c3)nc3ccsc23)cn1. The molecular weight excluding hydrogens is 446 g/mol. The van der Waals surface area contributed by atoms with Gasteiger partial charge in [0, 0.05) is 30.9 Å². The Morgan fingerprint density at radius 2 is 2.03 bits per heavy atom. The van der Waals surface area contributed by atoms with Gasteiger partial charge in [-0.25, -0.2) is 9.97 Å². The Kier molecular flexibility index (Phi) is 7.28. The van der Waals surface area contributed by atoms with Crippen LogP contribution in [0.15, 0.2) is 54.0 Å². The minimum absolute atomic E-state index is 0.672. The molecule has 0 spiro atoms. The number of benzene rings is 1. The standard InChI is InChI=1S/C26H29N5O2S/c1-2-20-7-8-21(18-27-20)28-26-24-23(9-16-34-24)29-25(30-26)19-5-3-6-22(17-19)33-13-4-10-31-11-14-32-15-12-31/h3,5-9,16-18H,2,4,10-15H2,1H3,(H,28,29,30). The molecule has 4 aromatic rings. The molecular formula is C26H29N5O2S. The third-order valence-electron chi connectivity index (χ3n) is 5.84. The highest BCUT2D eigenvalue weighted by Gasteiger charge is 2.13. The normalized spacial score (nSPS) is 14.4. The molecule has 5 rings (SSSR count). The number of ether oxygens (including phenoxy) is 2. The number of anilines is 2. The number of rotatable bonds is 9. The van der Waals surface area contributed by atoms with Crippen LogP contribution >= 0.6 is 11.3 Å². The topological polar surface area (TPSA) is 72.4 Å². The molecule has 1 fully saturated rings. The Bertz CT molecular complexity index is 1220. The largest absolute Gasteiger partial charge is 0.494 e. The summed E-state index contributed by atoms with van der Waals surface area (Å²) in [6.07, 6.45) is 3.75. The van der Waals surface area contributed by atoms with Crippen LogP contribution in [-0.2, 0) is 11.2 Å². The Morgan fingerprint density at radius 1 is 1.12 bits per heavy atom. The van der Waals surface area contributed by atoms with Gasteiger partial charge in [-0.3, -0.25) is 9.88 Å². The van der Waals surface area contributed by atoms with Crippen LogP contribution in [0.2, 0.25) is 0 Å². The predicted molar refractivity (Wildman–Crippen MR) is 137 cm³/mol. The van der Waals surface area contributed by atoms with Crippen molar-refractivity contribution in [2.75, 3.05) is 44.8 Å². The van der Waals surface area contributed by atoms with Crippen molar-refractivity contribution < 1.29 is 9.47 Å². The van der Waals surface area contributed by atoms with Gasteiger partial charge >= 0.3 is 0 Å². The van der Waals surface area contributed by atoms with Crippen molar-refractivity contribution in [3.63, 3.8) is 0 Å². The summed E-state index contributed by atoms with van der Waals surface area (Å²) in [4.78, 5) is 16.6. The molecule has 1 aromatic carbocycles. The van der Waals surface area contributed by atoms with Crippen LogP contribution in [0, 0.1) is 0 Å². The van der Waals surface area contributed by atoms with Gasteiger partial charge in [-0.1, -0.05) is 19.1 Å². The van der Waals surface area contributed by atoms with Crippen molar-refractivity contribution in [2.45, 2.75) is 19.8 Å². The number of aryl methyl sites for hydroxylation is 1. The number of fused-ring (bicyclic) bond motifs is 1. The van der Waals surface area contributed by atoms with Gasteiger partial charge in [0.15, 0.2) is 11.6 Å². The fourth-order valence-corrected chi connectivity index (χ4v) is 4.73. The molecule has 0 aliphatic carbocycles. The molecule has 1 aliphatic heterocycles. The first-order valence-electron chi connectivity index (χ1n) is 11.8. The van der Waals surface area contributed by atoms with E-state index in [1.54, 1.807) is 11.3 Å². The van der Waals surface area contributed by atoms with Crippen LogP contribution in [0.1, 0.15) is 19.0 Å². The Morgan fingerprint density at radius 3 is 2.85 bits per heavy atom. The molecule has 0 amide bonds. The van der Waals surface area contributed by atoms with E-state index in [0.29, 0.717) is 12.4 Å². The number of hydrogen-bond donors (Lipinski definition) is 1. The number of thiophene rings is 1. The molecule has 0 bridgehead atoms. The zero-order valence-electron chi connectivity index (χ0n) is 19.4. The lowest BCUT2D eigenvalue weighted by Gasteiger charge is -2.26. The summed E-state index contributed by atoms with van der Waals surface area (Å²) in [5.74, 6) is 2.30. The van der Waals surface area contributed by atoms with E-state index in [4.69, 9.17) is 19.4 Å². The van der Waals surface area contributed by atoms with Crippen LogP contribution in [-0.4, -0.2) is 59.3 Å². The summed E-state index contributed by atoms with van der Waals surface area (Å²) in [5, 5.41) is 5.48. The van der Waals surface area contributed by atoms with E-state index >= 15 is 0 Å². The number of aromatic nitrogens is 3. The first-order valence-corrected chi connectivity index (χ1v) is 12.7. The average Bonchev–Trinajstić information content (AvgIpc) is 3.37. The van der Waals surface area contributed by atoms with E-state index in [1.807, 2.05) is 54.0 Å². The molecule has 34 heavy (non-hydrogen) atoms. The smallest absolute Gasteiger partial charge is 0.162 e. The summed E-state index contributed by atoms with van der Waals surface area (Å²) in [6.45, 7) is 7.48. The molecule has 8 heteroatoms. The molecule has 0 unspecified atom stereocenters. The predicted octanol–water partition coefficient (Wildman–Crippen LogP) is 5.16. The Hall–Kier alpha value is -3.07. The lowest BCUT2D eigenvalue weighted by molar-refractivity contribution is 0.0358. The second-order valence-electron chi connectivity index (χ2n) is 8.23. The quantitative estimate of drug-likeness (QED) is 0.335. The number of pyridine rings is 1. The number of hydrogen-bond acceptors (Lipinski definition) is 8. The van der Waals surface area contributed by atoms with Gasteiger partial charge in [-0.15, -0.1) is 11.3 Å². The second kappa shape index (κ2) is 10.9.